The summed E-state index contributed by atoms with van der Waals surface area (Å²) in [6.07, 6.45) is 6.44. The molecule has 72 valence electrons. The quantitative estimate of drug-likeness (QED) is 0.569. The topological polar surface area (TPSA) is 26.3 Å². The van der Waals surface area contributed by atoms with E-state index in [-0.39, 0.29) is 5.60 Å². The second-order valence-corrected chi connectivity index (χ2v) is 4.88. The van der Waals surface area contributed by atoms with E-state index in [1.54, 1.807) is 0 Å². The van der Waals surface area contributed by atoms with E-state index in [2.05, 4.69) is 0 Å². The summed E-state index contributed by atoms with van der Waals surface area (Å²) >= 11 is 0. The second-order valence-electron chi connectivity index (χ2n) is 4.88. The number of Topliss-reactive ketones (excluding diaryl/α,β-unsaturated/α-hetero) is 1. The van der Waals surface area contributed by atoms with Crippen molar-refractivity contribution in [3.05, 3.63) is 0 Å². The molecular formula is C11H16O2. The van der Waals surface area contributed by atoms with Gasteiger partial charge in [0.05, 0.1) is 5.60 Å². The van der Waals surface area contributed by atoms with Gasteiger partial charge in [-0.1, -0.05) is 6.42 Å². The zero-order valence-corrected chi connectivity index (χ0v) is 7.92. The summed E-state index contributed by atoms with van der Waals surface area (Å²) in [5.41, 5.74) is 0.0122. The minimum Gasteiger partial charge on any atom is -0.374 e. The van der Waals surface area contributed by atoms with Crippen LogP contribution in [0.4, 0.5) is 0 Å². The molecule has 0 spiro atoms. The van der Waals surface area contributed by atoms with Gasteiger partial charge in [-0.05, 0) is 31.1 Å². The zero-order valence-electron chi connectivity index (χ0n) is 7.92. The Morgan fingerprint density at radius 2 is 2.31 bits per heavy atom. The lowest BCUT2D eigenvalue weighted by atomic mass is 9.61. The van der Waals surface area contributed by atoms with Crippen molar-refractivity contribution in [3.63, 3.8) is 0 Å². The summed E-state index contributed by atoms with van der Waals surface area (Å²) in [6, 6.07) is 0. The Bertz CT molecular complexity index is 248. The first-order valence-corrected chi connectivity index (χ1v) is 5.46. The SMILES string of the molecule is O=C1CC2CCCC3(C1)OCCC23. The molecule has 3 atom stereocenters. The lowest BCUT2D eigenvalue weighted by Gasteiger charge is -2.46. The van der Waals surface area contributed by atoms with Crippen molar-refractivity contribution in [1.29, 1.82) is 0 Å². The molecule has 2 bridgehead atoms. The van der Waals surface area contributed by atoms with Crippen molar-refractivity contribution in [2.45, 2.75) is 44.1 Å². The van der Waals surface area contributed by atoms with Gasteiger partial charge in [0, 0.05) is 19.4 Å². The highest BCUT2D eigenvalue weighted by Gasteiger charge is 2.54. The highest BCUT2D eigenvalue weighted by Crippen LogP contribution is 2.52. The Hall–Kier alpha value is -0.370. The van der Waals surface area contributed by atoms with Crippen LogP contribution in [0.15, 0.2) is 0 Å². The molecule has 1 aliphatic heterocycles. The molecule has 13 heavy (non-hydrogen) atoms. The van der Waals surface area contributed by atoms with E-state index in [4.69, 9.17) is 4.74 Å². The lowest BCUT2D eigenvalue weighted by molar-refractivity contribution is -0.141. The summed E-state index contributed by atoms with van der Waals surface area (Å²) in [4.78, 5) is 11.5. The average Bonchev–Trinajstić information content (AvgIpc) is 2.47. The molecule has 3 aliphatic rings. The minimum absolute atomic E-state index is 0.0122. The number of hydrogen-bond donors (Lipinski definition) is 0. The van der Waals surface area contributed by atoms with Gasteiger partial charge in [0.1, 0.15) is 5.78 Å². The molecule has 0 aromatic heterocycles. The fraction of sp³-hybridized carbons (Fsp3) is 0.909. The molecule has 2 saturated carbocycles. The minimum atomic E-state index is 0.0122. The molecule has 0 amide bonds. The Morgan fingerprint density at radius 1 is 1.38 bits per heavy atom. The molecule has 3 unspecified atom stereocenters. The molecule has 0 radical (unpaired) electrons. The van der Waals surface area contributed by atoms with Gasteiger partial charge in [-0.2, -0.15) is 0 Å². The first-order chi connectivity index (χ1) is 6.30. The molecule has 0 aromatic rings. The number of hydrogen-bond acceptors (Lipinski definition) is 2. The van der Waals surface area contributed by atoms with Gasteiger partial charge in [-0.25, -0.2) is 0 Å². The molecule has 0 N–H and O–H groups in total. The first-order valence-electron chi connectivity index (χ1n) is 5.46. The molecule has 2 nitrogen and oxygen atoms in total. The van der Waals surface area contributed by atoms with Crippen molar-refractivity contribution in [2.75, 3.05) is 6.61 Å². The number of rotatable bonds is 0. The van der Waals surface area contributed by atoms with Crippen molar-refractivity contribution in [1.82, 2.24) is 0 Å². The number of ketones is 1. The molecule has 2 heteroatoms. The Morgan fingerprint density at radius 3 is 3.23 bits per heavy atom. The van der Waals surface area contributed by atoms with Crippen LogP contribution in [0.1, 0.15) is 38.5 Å². The standard InChI is InChI=1S/C11H16O2/c12-9-6-8-2-1-4-11(7-9)10(8)3-5-13-11/h8,10H,1-7H2. The van der Waals surface area contributed by atoms with Gasteiger partial charge >= 0.3 is 0 Å². The largest absolute Gasteiger partial charge is 0.374 e. The van der Waals surface area contributed by atoms with Crippen LogP contribution >= 0.6 is 0 Å². The molecule has 1 saturated heterocycles. The molecule has 3 rings (SSSR count). The normalized spacial score (nSPS) is 49.1. The highest BCUT2D eigenvalue weighted by atomic mass is 16.5. The molecule has 1 heterocycles. The first kappa shape index (κ1) is 7.98. The Balaban J connectivity index is 1.97. The maximum Gasteiger partial charge on any atom is 0.136 e. The molecular weight excluding hydrogens is 164 g/mol. The molecule has 2 aliphatic carbocycles. The van der Waals surface area contributed by atoms with Gasteiger partial charge in [0.2, 0.25) is 0 Å². The third-order valence-electron chi connectivity index (χ3n) is 4.22. The number of carbonyl (C=O) groups is 1. The summed E-state index contributed by atoms with van der Waals surface area (Å²) in [5, 5.41) is 0. The van der Waals surface area contributed by atoms with Gasteiger partial charge in [-0.3, -0.25) is 4.79 Å². The number of ether oxygens (including phenoxy) is 1. The maximum atomic E-state index is 11.5. The predicted molar refractivity (Wildman–Crippen MR) is 48.4 cm³/mol. The van der Waals surface area contributed by atoms with E-state index in [0.717, 1.165) is 25.4 Å². The third-order valence-corrected chi connectivity index (χ3v) is 4.22. The van der Waals surface area contributed by atoms with Crippen LogP contribution in [-0.2, 0) is 9.53 Å². The Labute approximate surface area is 78.6 Å². The van der Waals surface area contributed by atoms with Crippen LogP contribution in [0.2, 0.25) is 0 Å². The van der Waals surface area contributed by atoms with Crippen molar-refractivity contribution in [2.24, 2.45) is 11.8 Å². The van der Waals surface area contributed by atoms with Gasteiger partial charge < -0.3 is 4.74 Å². The Kier molecular flexibility index (Phi) is 1.58. The van der Waals surface area contributed by atoms with E-state index in [1.165, 1.54) is 19.3 Å². The van der Waals surface area contributed by atoms with Gasteiger partial charge in [0.25, 0.3) is 0 Å². The van der Waals surface area contributed by atoms with Crippen molar-refractivity contribution in [3.8, 4) is 0 Å². The van der Waals surface area contributed by atoms with Crippen LogP contribution in [0, 0.1) is 11.8 Å². The highest BCUT2D eigenvalue weighted by molar-refractivity contribution is 5.81. The number of carbonyl (C=O) groups excluding carboxylic acids is 1. The summed E-state index contributed by atoms with van der Waals surface area (Å²) in [7, 11) is 0. The monoisotopic (exact) mass is 180 g/mol. The summed E-state index contributed by atoms with van der Waals surface area (Å²) < 4.78 is 5.86. The summed E-state index contributed by atoms with van der Waals surface area (Å²) in [5.74, 6) is 1.83. The second kappa shape index (κ2) is 2.57. The summed E-state index contributed by atoms with van der Waals surface area (Å²) in [6.45, 7) is 0.897. The van der Waals surface area contributed by atoms with E-state index < -0.39 is 0 Å². The molecule has 0 aromatic carbocycles. The maximum absolute atomic E-state index is 11.5. The van der Waals surface area contributed by atoms with E-state index >= 15 is 0 Å². The van der Waals surface area contributed by atoms with Crippen molar-refractivity contribution >= 4 is 5.78 Å². The smallest absolute Gasteiger partial charge is 0.136 e. The van der Waals surface area contributed by atoms with Crippen LogP contribution in [0.25, 0.3) is 0 Å². The van der Waals surface area contributed by atoms with Gasteiger partial charge in [0.15, 0.2) is 0 Å². The van der Waals surface area contributed by atoms with Gasteiger partial charge in [-0.15, -0.1) is 0 Å². The van der Waals surface area contributed by atoms with Crippen LogP contribution in [-0.4, -0.2) is 18.0 Å². The van der Waals surface area contributed by atoms with Crippen LogP contribution < -0.4 is 0 Å². The lowest BCUT2D eigenvalue weighted by Crippen LogP contribution is -2.48. The fourth-order valence-electron chi connectivity index (χ4n) is 3.76. The third kappa shape index (κ3) is 1.01. The zero-order chi connectivity index (χ0) is 8.89. The van der Waals surface area contributed by atoms with Crippen LogP contribution in [0.5, 0.6) is 0 Å². The van der Waals surface area contributed by atoms with Crippen LogP contribution in [0.3, 0.4) is 0 Å². The predicted octanol–water partition coefficient (Wildman–Crippen LogP) is 1.92. The van der Waals surface area contributed by atoms with E-state index in [0.29, 0.717) is 18.1 Å². The molecule has 3 fully saturated rings. The van der Waals surface area contributed by atoms with E-state index in [9.17, 15) is 4.79 Å². The van der Waals surface area contributed by atoms with E-state index in [1.807, 2.05) is 0 Å². The average molecular weight is 180 g/mol. The fourth-order valence-corrected chi connectivity index (χ4v) is 3.76. The van der Waals surface area contributed by atoms with Crippen molar-refractivity contribution < 1.29 is 9.53 Å².